The lowest BCUT2D eigenvalue weighted by Gasteiger charge is -2.13. The molecule has 0 aliphatic carbocycles. The summed E-state index contributed by atoms with van der Waals surface area (Å²) in [5.41, 5.74) is 3.14. The second kappa shape index (κ2) is 9.59. The molecule has 0 saturated heterocycles. The van der Waals surface area contributed by atoms with E-state index < -0.39 is 0 Å². The van der Waals surface area contributed by atoms with E-state index in [9.17, 15) is 0 Å². The van der Waals surface area contributed by atoms with Crippen LogP contribution in [-0.4, -0.2) is 22.2 Å². The molecule has 0 radical (unpaired) electrons. The molecule has 1 N–H and O–H groups in total. The van der Waals surface area contributed by atoms with Crippen LogP contribution < -0.4 is 14.8 Å². The summed E-state index contributed by atoms with van der Waals surface area (Å²) in [6, 6.07) is 20.5. The van der Waals surface area contributed by atoms with Gasteiger partial charge in [0.2, 0.25) is 0 Å². The SMILES string of the molecule is COc1cc2c(Nc3ccc(Cl)c(Cl)c3)ncnc2cc1OCc1cc(-c2ccccc2)no1. The number of nitrogens with one attached hydrogen (secondary N) is 1. The number of ether oxygens (including phenoxy) is 2. The van der Waals surface area contributed by atoms with Crippen molar-refractivity contribution >= 4 is 45.6 Å². The lowest BCUT2D eigenvalue weighted by Crippen LogP contribution is -2.00. The first kappa shape index (κ1) is 22.0. The third-order valence-corrected chi connectivity index (χ3v) is 5.84. The highest BCUT2D eigenvalue weighted by molar-refractivity contribution is 6.42. The minimum absolute atomic E-state index is 0.182. The van der Waals surface area contributed by atoms with Crippen LogP contribution in [0.4, 0.5) is 11.5 Å². The maximum Gasteiger partial charge on any atom is 0.174 e. The number of anilines is 2. The maximum absolute atomic E-state index is 6.13. The number of methoxy groups -OCH3 is 1. The Kier molecular flexibility index (Phi) is 6.20. The van der Waals surface area contributed by atoms with Crippen molar-refractivity contribution in [3.8, 4) is 22.8 Å². The molecule has 3 aromatic carbocycles. The molecule has 2 aromatic heterocycles. The Hall–Kier alpha value is -3.81. The summed E-state index contributed by atoms with van der Waals surface area (Å²) in [6.07, 6.45) is 1.47. The standard InChI is InChI=1S/C25H18Cl2N4O3/c1-32-23-11-18-22(28-14-29-25(18)30-16-7-8-19(26)20(27)9-16)12-24(23)33-13-17-10-21(31-34-17)15-5-3-2-4-6-15/h2-12,14H,13H2,1H3,(H,28,29,30). The van der Waals surface area contributed by atoms with Crippen LogP contribution in [0.5, 0.6) is 11.5 Å². The Morgan fingerprint density at radius 1 is 0.912 bits per heavy atom. The predicted octanol–water partition coefficient (Wildman–Crippen LogP) is 6.92. The van der Waals surface area contributed by atoms with Gasteiger partial charge in [0.05, 0.1) is 22.7 Å². The minimum Gasteiger partial charge on any atom is -0.493 e. The van der Waals surface area contributed by atoms with E-state index in [1.807, 2.05) is 48.5 Å². The van der Waals surface area contributed by atoms with Gasteiger partial charge in [0, 0.05) is 28.8 Å². The number of nitrogens with zero attached hydrogens (tertiary/aromatic N) is 3. The van der Waals surface area contributed by atoms with Gasteiger partial charge in [-0.05, 0) is 24.3 Å². The van der Waals surface area contributed by atoms with Crippen LogP contribution in [0.2, 0.25) is 10.0 Å². The molecule has 0 spiro atoms. The summed E-state index contributed by atoms with van der Waals surface area (Å²) in [6.45, 7) is 0.182. The Morgan fingerprint density at radius 3 is 2.56 bits per heavy atom. The minimum atomic E-state index is 0.182. The molecule has 0 atom stereocenters. The van der Waals surface area contributed by atoms with Crippen LogP contribution in [0, 0.1) is 0 Å². The molecule has 7 nitrogen and oxygen atoms in total. The molecule has 0 bridgehead atoms. The summed E-state index contributed by atoms with van der Waals surface area (Å²) in [5.74, 6) is 2.23. The van der Waals surface area contributed by atoms with Gasteiger partial charge in [-0.15, -0.1) is 0 Å². The molecule has 0 aliphatic rings. The van der Waals surface area contributed by atoms with Crippen LogP contribution in [0.3, 0.4) is 0 Å². The highest BCUT2D eigenvalue weighted by Gasteiger charge is 2.14. The Morgan fingerprint density at radius 2 is 1.76 bits per heavy atom. The number of benzene rings is 3. The Labute approximate surface area is 205 Å². The summed E-state index contributed by atoms with van der Waals surface area (Å²) in [5, 5.41) is 9.05. The molecule has 5 aromatic rings. The molecular weight excluding hydrogens is 475 g/mol. The molecular formula is C25H18Cl2N4O3. The van der Waals surface area contributed by atoms with Gasteiger partial charge in [-0.25, -0.2) is 9.97 Å². The molecule has 9 heteroatoms. The van der Waals surface area contributed by atoms with Gasteiger partial charge < -0.3 is 19.3 Å². The van der Waals surface area contributed by atoms with Crippen molar-refractivity contribution in [2.24, 2.45) is 0 Å². The van der Waals surface area contributed by atoms with Gasteiger partial charge in [-0.3, -0.25) is 0 Å². The van der Waals surface area contributed by atoms with Crippen LogP contribution in [0.15, 0.2) is 77.6 Å². The zero-order chi connectivity index (χ0) is 23.5. The van der Waals surface area contributed by atoms with Gasteiger partial charge >= 0.3 is 0 Å². The lowest BCUT2D eigenvalue weighted by molar-refractivity contribution is 0.240. The largest absolute Gasteiger partial charge is 0.493 e. The fourth-order valence-electron chi connectivity index (χ4n) is 3.42. The normalized spacial score (nSPS) is 10.9. The van der Waals surface area contributed by atoms with Crippen molar-refractivity contribution in [2.75, 3.05) is 12.4 Å². The van der Waals surface area contributed by atoms with E-state index in [4.69, 9.17) is 37.2 Å². The quantitative estimate of drug-likeness (QED) is 0.263. The third-order valence-electron chi connectivity index (χ3n) is 5.10. The highest BCUT2D eigenvalue weighted by atomic mass is 35.5. The van der Waals surface area contributed by atoms with Gasteiger partial charge in [0.1, 0.15) is 24.4 Å². The van der Waals surface area contributed by atoms with E-state index in [-0.39, 0.29) is 6.61 Å². The van der Waals surface area contributed by atoms with Crippen LogP contribution >= 0.6 is 23.2 Å². The predicted molar refractivity (Wildman–Crippen MR) is 132 cm³/mol. The molecule has 2 heterocycles. The first-order chi connectivity index (χ1) is 16.6. The summed E-state index contributed by atoms with van der Waals surface area (Å²) < 4.78 is 17.0. The molecule has 5 rings (SSSR count). The highest BCUT2D eigenvalue weighted by Crippen LogP contribution is 2.36. The Bertz CT molecular complexity index is 1460. The molecule has 0 fully saturated rings. The summed E-state index contributed by atoms with van der Waals surface area (Å²) in [7, 11) is 1.58. The van der Waals surface area contributed by atoms with Gasteiger partial charge in [-0.2, -0.15) is 0 Å². The van der Waals surface area contributed by atoms with Crippen molar-refractivity contribution < 1.29 is 14.0 Å². The first-order valence-corrected chi connectivity index (χ1v) is 11.0. The second-order valence-electron chi connectivity index (χ2n) is 7.33. The van der Waals surface area contributed by atoms with Crippen molar-refractivity contribution in [3.05, 3.63) is 88.9 Å². The molecule has 0 unspecified atom stereocenters. The lowest BCUT2D eigenvalue weighted by atomic mass is 10.1. The van der Waals surface area contributed by atoms with E-state index in [2.05, 4.69) is 20.4 Å². The van der Waals surface area contributed by atoms with E-state index in [1.54, 1.807) is 25.3 Å². The number of halogens is 2. The van der Waals surface area contributed by atoms with Crippen molar-refractivity contribution in [2.45, 2.75) is 6.61 Å². The van der Waals surface area contributed by atoms with Crippen LogP contribution in [0.1, 0.15) is 5.76 Å². The first-order valence-electron chi connectivity index (χ1n) is 10.3. The number of hydrogen-bond acceptors (Lipinski definition) is 7. The monoisotopic (exact) mass is 492 g/mol. The van der Waals surface area contributed by atoms with Gasteiger partial charge in [0.25, 0.3) is 0 Å². The van der Waals surface area contributed by atoms with Gasteiger partial charge in [-0.1, -0.05) is 58.7 Å². The van der Waals surface area contributed by atoms with Crippen LogP contribution in [-0.2, 0) is 6.61 Å². The topological polar surface area (TPSA) is 82.3 Å². The zero-order valence-electron chi connectivity index (χ0n) is 18.0. The van der Waals surface area contributed by atoms with E-state index in [0.717, 1.165) is 22.3 Å². The molecule has 0 amide bonds. The van der Waals surface area contributed by atoms with Crippen LogP contribution in [0.25, 0.3) is 22.2 Å². The fourth-order valence-corrected chi connectivity index (χ4v) is 3.72. The Balaban J connectivity index is 1.39. The summed E-state index contributed by atoms with van der Waals surface area (Å²) >= 11 is 12.2. The second-order valence-corrected chi connectivity index (χ2v) is 8.14. The van der Waals surface area contributed by atoms with Crippen molar-refractivity contribution in [3.63, 3.8) is 0 Å². The number of rotatable bonds is 7. The zero-order valence-corrected chi connectivity index (χ0v) is 19.5. The van der Waals surface area contributed by atoms with Crippen molar-refractivity contribution in [1.82, 2.24) is 15.1 Å². The number of aromatic nitrogens is 3. The molecule has 34 heavy (non-hydrogen) atoms. The number of fused-ring (bicyclic) bond motifs is 1. The molecule has 0 saturated carbocycles. The average molecular weight is 493 g/mol. The van der Waals surface area contributed by atoms with Crippen molar-refractivity contribution in [1.29, 1.82) is 0 Å². The third kappa shape index (κ3) is 4.62. The van der Waals surface area contributed by atoms with E-state index >= 15 is 0 Å². The average Bonchev–Trinajstić information content (AvgIpc) is 3.34. The van der Waals surface area contributed by atoms with E-state index in [1.165, 1.54) is 6.33 Å². The summed E-state index contributed by atoms with van der Waals surface area (Å²) in [4.78, 5) is 8.75. The fraction of sp³-hybridized carbons (Fsp3) is 0.0800. The number of hydrogen-bond donors (Lipinski definition) is 1. The smallest absolute Gasteiger partial charge is 0.174 e. The molecule has 0 aliphatic heterocycles. The van der Waals surface area contributed by atoms with Gasteiger partial charge in [0.15, 0.2) is 17.3 Å². The molecule has 170 valence electrons. The maximum atomic E-state index is 6.13. The van der Waals surface area contributed by atoms with E-state index in [0.29, 0.717) is 38.6 Å².